The first kappa shape index (κ1) is 23.3. The normalized spacial score (nSPS) is 14.8. The summed E-state index contributed by atoms with van der Waals surface area (Å²) in [6.07, 6.45) is 2.55. The molecule has 0 unspecified atom stereocenters. The van der Waals surface area contributed by atoms with Crippen LogP contribution >= 0.6 is 11.8 Å². The Labute approximate surface area is 198 Å². The van der Waals surface area contributed by atoms with Crippen LogP contribution in [0.3, 0.4) is 0 Å². The summed E-state index contributed by atoms with van der Waals surface area (Å²) >= 11 is 1.23. The van der Waals surface area contributed by atoms with Crippen molar-refractivity contribution in [3.05, 3.63) is 59.7 Å². The number of benzene rings is 2. The molecule has 7 nitrogen and oxygen atoms in total. The van der Waals surface area contributed by atoms with Gasteiger partial charge in [0.05, 0.1) is 12.9 Å². The summed E-state index contributed by atoms with van der Waals surface area (Å²) in [7, 11) is 1.62. The van der Waals surface area contributed by atoms with E-state index in [9.17, 15) is 4.79 Å². The average Bonchev–Trinajstić information content (AvgIpc) is 3.32. The van der Waals surface area contributed by atoms with Gasteiger partial charge in [-0.1, -0.05) is 43.0 Å². The van der Waals surface area contributed by atoms with Gasteiger partial charge in [0, 0.05) is 18.7 Å². The van der Waals surface area contributed by atoms with E-state index in [1.165, 1.54) is 30.2 Å². The molecule has 1 fully saturated rings. The quantitative estimate of drug-likeness (QED) is 0.469. The van der Waals surface area contributed by atoms with Crippen molar-refractivity contribution in [1.82, 2.24) is 20.4 Å². The molecule has 2 aromatic carbocycles. The van der Waals surface area contributed by atoms with Crippen molar-refractivity contribution < 1.29 is 13.9 Å². The highest BCUT2D eigenvalue weighted by molar-refractivity contribution is 7.99. The molecule has 0 atom stereocenters. The number of hydrogen-bond donors (Lipinski definition) is 1. The third kappa shape index (κ3) is 6.82. The lowest BCUT2D eigenvalue weighted by molar-refractivity contribution is -0.118. The van der Waals surface area contributed by atoms with E-state index < -0.39 is 0 Å². The van der Waals surface area contributed by atoms with Crippen LogP contribution in [0.5, 0.6) is 5.75 Å². The minimum absolute atomic E-state index is 0.0698. The molecule has 1 saturated heterocycles. The second-order valence-electron chi connectivity index (χ2n) is 8.45. The zero-order valence-electron chi connectivity index (χ0n) is 19.1. The maximum atomic E-state index is 12.3. The minimum Gasteiger partial charge on any atom is -0.497 e. The Morgan fingerprint density at radius 1 is 1.15 bits per heavy atom. The van der Waals surface area contributed by atoms with Gasteiger partial charge in [0.25, 0.3) is 5.22 Å². The molecule has 1 aliphatic rings. The average molecular weight is 467 g/mol. The zero-order chi connectivity index (χ0) is 23.0. The summed E-state index contributed by atoms with van der Waals surface area (Å²) in [6, 6.07) is 15.8. The van der Waals surface area contributed by atoms with Gasteiger partial charge in [0.2, 0.25) is 11.8 Å². The first-order chi connectivity index (χ1) is 16.1. The zero-order valence-corrected chi connectivity index (χ0v) is 19.9. The molecule has 0 spiro atoms. The number of carbonyl (C=O) groups is 1. The van der Waals surface area contributed by atoms with E-state index >= 15 is 0 Å². The van der Waals surface area contributed by atoms with E-state index in [1.807, 2.05) is 30.3 Å². The predicted molar refractivity (Wildman–Crippen MR) is 129 cm³/mol. The third-order valence-electron chi connectivity index (χ3n) is 5.83. The van der Waals surface area contributed by atoms with E-state index in [1.54, 1.807) is 7.11 Å². The molecular formula is C25H30N4O3S. The largest absolute Gasteiger partial charge is 0.497 e. The topological polar surface area (TPSA) is 80.5 Å². The van der Waals surface area contributed by atoms with E-state index in [-0.39, 0.29) is 11.7 Å². The number of hydrogen-bond acceptors (Lipinski definition) is 7. The Morgan fingerprint density at radius 3 is 2.67 bits per heavy atom. The van der Waals surface area contributed by atoms with Crippen LogP contribution in [0.15, 0.2) is 58.2 Å². The number of aromatic nitrogens is 2. The minimum atomic E-state index is -0.0698. The van der Waals surface area contributed by atoms with Crippen molar-refractivity contribution in [3.8, 4) is 17.2 Å². The molecule has 1 N–H and O–H groups in total. The van der Waals surface area contributed by atoms with Crippen LogP contribution in [0, 0.1) is 5.92 Å². The van der Waals surface area contributed by atoms with Gasteiger partial charge in [0.1, 0.15) is 5.75 Å². The monoisotopic (exact) mass is 466 g/mol. The molecule has 3 aromatic rings. The van der Waals surface area contributed by atoms with Crippen LogP contribution in [-0.4, -0.2) is 47.0 Å². The maximum absolute atomic E-state index is 12.3. The Balaban J connectivity index is 1.22. The highest BCUT2D eigenvalue weighted by Crippen LogP contribution is 2.25. The van der Waals surface area contributed by atoms with Crippen LogP contribution in [-0.2, 0) is 17.9 Å². The second kappa shape index (κ2) is 11.3. The molecular weight excluding hydrogens is 436 g/mol. The van der Waals surface area contributed by atoms with E-state index in [4.69, 9.17) is 9.15 Å². The van der Waals surface area contributed by atoms with E-state index in [0.29, 0.717) is 17.7 Å². The molecule has 8 heteroatoms. The number of likely N-dealkylation sites (tertiary alicyclic amines) is 1. The summed E-state index contributed by atoms with van der Waals surface area (Å²) in [4.78, 5) is 14.8. The summed E-state index contributed by atoms with van der Waals surface area (Å²) < 4.78 is 10.8. The second-order valence-corrected chi connectivity index (χ2v) is 9.37. The third-order valence-corrected chi connectivity index (χ3v) is 6.65. The Morgan fingerprint density at radius 2 is 1.91 bits per heavy atom. The molecule has 0 radical (unpaired) electrons. The number of ether oxygens (including phenoxy) is 1. The van der Waals surface area contributed by atoms with Crippen molar-refractivity contribution in [3.63, 3.8) is 0 Å². The van der Waals surface area contributed by atoms with Crippen LogP contribution in [0.2, 0.25) is 0 Å². The Kier molecular flexibility index (Phi) is 8.01. The molecule has 1 aliphatic heterocycles. The molecule has 4 rings (SSSR count). The van der Waals surface area contributed by atoms with Crippen molar-refractivity contribution in [2.24, 2.45) is 5.92 Å². The van der Waals surface area contributed by atoms with Crippen molar-refractivity contribution in [2.45, 2.75) is 38.1 Å². The fourth-order valence-corrected chi connectivity index (χ4v) is 4.41. The lowest BCUT2D eigenvalue weighted by Crippen LogP contribution is -2.32. The smallest absolute Gasteiger partial charge is 0.277 e. The molecule has 0 aliphatic carbocycles. The van der Waals surface area contributed by atoms with Crippen LogP contribution in [0.4, 0.5) is 0 Å². The van der Waals surface area contributed by atoms with Crippen molar-refractivity contribution >= 4 is 17.7 Å². The van der Waals surface area contributed by atoms with E-state index in [0.717, 1.165) is 42.4 Å². The summed E-state index contributed by atoms with van der Waals surface area (Å²) in [5.74, 6) is 2.16. The fraction of sp³-hybridized carbons (Fsp3) is 0.400. The number of nitrogens with one attached hydrogen (secondary N) is 1. The number of thioether (sulfide) groups is 1. The highest BCUT2D eigenvalue weighted by Gasteiger charge is 2.16. The van der Waals surface area contributed by atoms with Gasteiger partial charge in [-0.3, -0.25) is 9.69 Å². The molecule has 0 bridgehead atoms. The Hall–Kier alpha value is -2.84. The highest BCUT2D eigenvalue weighted by atomic mass is 32.2. The number of nitrogens with zero attached hydrogens (tertiary/aromatic N) is 3. The van der Waals surface area contributed by atoms with Gasteiger partial charge in [0.15, 0.2) is 0 Å². The fourth-order valence-electron chi connectivity index (χ4n) is 3.81. The molecule has 0 saturated carbocycles. The van der Waals surface area contributed by atoms with Crippen molar-refractivity contribution in [1.29, 1.82) is 0 Å². The van der Waals surface area contributed by atoms with Gasteiger partial charge >= 0.3 is 0 Å². The standard InChI is InChI=1S/C25H30N4O3S/c1-18-10-12-29(13-11-18)16-20-5-3-4-19(14-20)15-26-23(30)17-33-25-28-27-24(32-25)21-6-8-22(31-2)9-7-21/h3-9,14,18H,10-13,15-17H2,1-2H3,(H,26,30). The van der Waals surface area contributed by atoms with Gasteiger partial charge in [-0.25, -0.2) is 0 Å². The van der Waals surface area contributed by atoms with Crippen LogP contribution in [0.1, 0.15) is 30.9 Å². The Bertz CT molecular complexity index is 1050. The summed E-state index contributed by atoms with van der Waals surface area (Å²) in [5, 5.41) is 11.4. The SMILES string of the molecule is COc1ccc(-c2nnc(SCC(=O)NCc3cccc(CN4CCC(C)CC4)c3)o2)cc1. The van der Waals surface area contributed by atoms with Gasteiger partial charge in [-0.05, 0) is 67.2 Å². The molecule has 2 heterocycles. The van der Waals surface area contributed by atoms with Gasteiger partial charge in [-0.2, -0.15) is 0 Å². The summed E-state index contributed by atoms with van der Waals surface area (Å²) in [5.41, 5.74) is 3.21. The first-order valence-electron chi connectivity index (χ1n) is 11.3. The first-order valence-corrected chi connectivity index (χ1v) is 12.2. The van der Waals surface area contributed by atoms with Crippen molar-refractivity contribution in [2.75, 3.05) is 26.0 Å². The molecule has 174 valence electrons. The van der Waals surface area contributed by atoms with Gasteiger partial charge in [-0.15, -0.1) is 10.2 Å². The lowest BCUT2D eigenvalue weighted by atomic mass is 9.98. The number of amides is 1. The number of rotatable bonds is 9. The predicted octanol–water partition coefficient (Wildman–Crippen LogP) is 4.39. The maximum Gasteiger partial charge on any atom is 0.277 e. The number of piperidine rings is 1. The van der Waals surface area contributed by atoms with Crippen LogP contribution < -0.4 is 10.1 Å². The molecule has 33 heavy (non-hydrogen) atoms. The van der Waals surface area contributed by atoms with Crippen LogP contribution in [0.25, 0.3) is 11.5 Å². The summed E-state index contributed by atoms with van der Waals surface area (Å²) in [6.45, 7) is 6.13. The molecule has 1 amide bonds. The lowest BCUT2D eigenvalue weighted by Gasteiger charge is -2.30. The van der Waals surface area contributed by atoms with E-state index in [2.05, 4.69) is 45.5 Å². The molecule has 1 aromatic heterocycles. The van der Waals surface area contributed by atoms with Gasteiger partial charge < -0.3 is 14.5 Å². The number of methoxy groups -OCH3 is 1. The number of carbonyl (C=O) groups excluding carboxylic acids is 1.